The van der Waals surface area contributed by atoms with Gasteiger partial charge in [0.25, 0.3) is 0 Å². The minimum atomic E-state index is -4.39. The first-order valence-corrected chi connectivity index (χ1v) is 25.8. The lowest BCUT2D eigenvalue weighted by Crippen LogP contribution is -2.37. The molecule has 0 saturated carbocycles. The first kappa shape index (κ1) is 59.2. The molecule has 2 atom stereocenters. The maximum Gasteiger partial charge on any atom is 0.472 e. The molecule has 9 nitrogen and oxygen atoms in total. The van der Waals surface area contributed by atoms with E-state index in [2.05, 4.69) is 98.9 Å². The Balaban J connectivity index is 4.37. The highest BCUT2D eigenvalue weighted by Gasteiger charge is 2.27. The van der Waals surface area contributed by atoms with Crippen molar-refractivity contribution in [2.24, 2.45) is 0 Å². The quantitative estimate of drug-likeness (QED) is 0.0212. The average Bonchev–Trinajstić information content (AvgIpc) is 3.23. The third-order valence-corrected chi connectivity index (χ3v) is 10.9. The Hall–Kier alpha value is -2.81. The molecule has 62 heavy (non-hydrogen) atoms. The average molecular weight is 889 g/mol. The molecule has 0 aromatic carbocycles. The Morgan fingerprint density at radius 3 is 1.37 bits per heavy atom. The van der Waals surface area contributed by atoms with Crippen LogP contribution in [0.3, 0.4) is 0 Å². The van der Waals surface area contributed by atoms with Crippen molar-refractivity contribution in [2.45, 2.75) is 187 Å². The molecular formula is C52H91NO8P+. The molecule has 0 bridgehead atoms. The van der Waals surface area contributed by atoms with Gasteiger partial charge in [0.05, 0.1) is 27.7 Å². The predicted molar refractivity (Wildman–Crippen MR) is 261 cm³/mol. The number of allylic oxidation sites excluding steroid dienone is 14. The maximum absolute atomic E-state index is 12.7. The first-order valence-electron chi connectivity index (χ1n) is 24.3. The Bertz CT molecular complexity index is 1330. The molecule has 0 fully saturated rings. The summed E-state index contributed by atoms with van der Waals surface area (Å²) in [4.78, 5) is 35.4. The summed E-state index contributed by atoms with van der Waals surface area (Å²) < 4.78 is 34.3. The number of nitrogens with zero attached hydrogens (tertiary/aromatic N) is 1. The van der Waals surface area contributed by atoms with Crippen LogP contribution in [0.15, 0.2) is 85.1 Å². The normalized spacial score (nSPS) is 14.2. The van der Waals surface area contributed by atoms with Crippen LogP contribution in [0.5, 0.6) is 0 Å². The molecule has 0 aliphatic carbocycles. The van der Waals surface area contributed by atoms with Crippen molar-refractivity contribution in [3.63, 3.8) is 0 Å². The largest absolute Gasteiger partial charge is 0.472 e. The number of unbranched alkanes of at least 4 members (excludes halogenated alkanes) is 15. The topological polar surface area (TPSA) is 108 Å². The van der Waals surface area contributed by atoms with Crippen molar-refractivity contribution in [3.8, 4) is 0 Å². The monoisotopic (exact) mass is 889 g/mol. The lowest BCUT2D eigenvalue weighted by atomic mass is 10.0. The SMILES string of the molecule is CC/C=C\C/C=C\C/C=C\C/C=C\C/C=C\C/C=C\C/C=C\CCCCCC(=O)OC(COC(=O)CCCCCCCCCCCCCCC)COP(=O)(O)OCC[N+](C)(C)C. The Morgan fingerprint density at radius 2 is 0.919 bits per heavy atom. The van der Waals surface area contributed by atoms with Crippen molar-refractivity contribution in [1.82, 2.24) is 0 Å². The number of carbonyl (C=O) groups is 2. The zero-order valence-corrected chi connectivity index (χ0v) is 41.0. The maximum atomic E-state index is 12.7. The van der Waals surface area contributed by atoms with Crippen LogP contribution in [0.1, 0.15) is 181 Å². The third-order valence-electron chi connectivity index (χ3n) is 9.94. The molecule has 0 heterocycles. The van der Waals surface area contributed by atoms with Gasteiger partial charge in [-0.05, 0) is 70.6 Å². The van der Waals surface area contributed by atoms with Crippen molar-refractivity contribution in [3.05, 3.63) is 85.1 Å². The van der Waals surface area contributed by atoms with Crippen LogP contribution in [0, 0.1) is 0 Å². The second kappa shape index (κ2) is 43.4. The van der Waals surface area contributed by atoms with Gasteiger partial charge in [-0.1, -0.05) is 182 Å². The van der Waals surface area contributed by atoms with Crippen LogP contribution in [0.4, 0.5) is 0 Å². The minimum absolute atomic E-state index is 0.0214. The number of carbonyl (C=O) groups excluding carboxylic acids is 2. The smallest absolute Gasteiger partial charge is 0.462 e. The number of likely N-dealkylation sites (N-methyl/N-ethyl adjacent to an activating group) is 1. The number of phosphoric acid groups is 1. The van der Waals surface area contributed by atoms with E-state index < -0.39 is 26.5 Å². The van der Waals surface area contributed by atoms with Gasteiger partial charge in [0.15, 0.2) is 6.10 Å². The van der Waals surface area contributed by atoms with Crippen molar-refractivity contribution < 1.29 is 42.1 Å². The molecule has 0 aromatic rings. The molecule has 0 aliphatic rings. The fourth-order valence-electron chi connectivity index (χ4n) is 6.17. The standard InChI is InChI=1S/C52H90NO8P/c1-6-8-10-12-14-16-18-20-21-22-23-24-25-26-27-28-29-30-31-33-35-37-39-41-43-45-52(55)61-50(49-60-62(56,57)59-47-46-53(3,4)5)48-58-51(54)44-42-40-38-36-34-32-19-17-15-13-11-9-7-2/h8,10,14,16,20-21,23-24,26-27,29-30,33,35,50H,6-7,9,11-13,15,17-19,22,25,28,31-32,34,36-49H2,1-5H3/p+1/b10-8-,16-14-,21-20-,24-23-,27-26-,30-29-,35-33-. The summed E-state index contributed by atoms with van der Waals surface area (Å²) in [6, 6.07) is 0. The minimum Gasteiger partial charge on any atom is -0.462 e. The lowest BCUT2D eigenvalue weighted by Gasteiger charge is -2.24. The fraction of sp³-hybridized carbons (Fsp3) is 0.692. The van der Waals surface area contributed by atoms with Crippen LogP contribution in [-0.4, -0.2) is 74.9 Å². The molecule has 0 amide bonds. The number of ether oxygens (including phenoxy) is 2. The first-order chi connectivity index (χ1) is 30.0. The molecule has 0 rings (SSSR count). The van der Waals surface area contributed by atoms with Crippen LogP contribution < -0.4 is 0 Å². The van der Waals surface area contributed by atoms with Crippen LogP contribution >= 0.6 is 7.82 Å². The zero-order chi connectivity index (χ0) is 45.7. The summed E-state index contributed by atoms with van der Waals surface area (Å²) in [6.07, 6.45) is 56.3. The van der Waals surface area contributed by atoms with E-state index >= 15 is 0 Å². The van der Waals surface area contributed by atoms with E-state index in [1.54, 1.807) is 0 Å². The van der Waals surface area contributed by atoms with E-state index in [9.17, 15) is 19.0 Å². The van der Waals surface area contributed by atoms with Crippen LogP contribution in [0.25, 0.3) is 0 Å². The molecule has 356 valence electrons. The number of esters is 2. The fourth-order valence-corrected chi connectivity index (χ4v) is 6.91. The van der Waals surface area contributed by atoms with E-state index in [1.165, 1.54) is 64.2 Å². The number of hydrogen-bond acceptors (Lipinski definition) is 7. The summed E-state index contributed by atoms with van der Waals surface area (Å²) in [5, 5.41) is 0. The molecule has 0 spiro atoms. The molecule has 0 aromatic heterocycles. The highest BCUT2D eigenvalue weighted by molar-refractivity contribution is 7.47. The van der Waals surface area contributed by atoms with Gasteiger partial charge in [-0.3, -0.25) is 18.6 Å². The molecular weight excluding hydrogens is 798 g/mol. The van der Waals surface area contributed by atoms with Gasteiger partial charge in [-0.15, -0.1) is 0 Å². The van der Waals surface area contributed by atoms with E-state index in [1.807, 2.05) is 21.1 Å². The lowest BCUT2D eigenvalue weighted by molar-refractivity contribution is -0.870. The van der Waals surface area contributed by atoms with Gasteiger partial charge >= 0.3 is 19.8 Å². The second-order valence-electron chi connectivity index (χ2n) is 17.1. The Kier molecular flexibility index (Phi) is 41.5. The molecule has 10 heteroatoms. The van der Waals surface area contributed by atoms with Gasteiger partial charge < -0.3 is 18.9 Å². The molecule has 1 N–H and O–H groups in total. The number of hydrogen-bond donors (Lipinski definition) is 1. The van der Waals surface area contributed by atoms with Crippen molar-refractivity contribution in [1.29, 1.82) is 0 Å². The third kappa shape index (κ3) is 46.7. The zero-order valence-electron chi connectivity index (χ0n) is 40.1. The highest BCUT2D eigenvalue weighted by atomic mass is 31.2. The summed E-state index contributed by atoms with van der Waals surface area (Å²) in [5.74, 6) is -0.840. The van der Waals surface area contributed by atoms with E-state index in [0.717, 1.165) is 83.5 Å². The van der Waals surface area contributed by atoms with E-state index in [-0.39, 0.29) is 32.0 Å². The van der Waals surface area contributed by atoms with Gasteiger partial charge in [0.2, 0.25) is 0 Å². The Morgan fingerprint density at radius 1 is 0.516 bits per heavy atom. The summed E-state index contributed by atoms with van der Waals surface area (Å²) >= 11 is 0. The molecule has 0 aliphatic heterocycles. The molecule has 0 saturated heterocycles. The van der Waals surface area contributed by atoms with E-state index in [0.29, 0.717) is 17.4 Å². The highest BCUT2D eigenvalue weighted by Crippen LogP contribution is 2.43. The van der Waals surface area contributed by atoms with E-state index in [4.69, 9.17) is 18.5 Å². The number of phosphoric ester groups is 1. The van der Waals surface area contributed by atoms with Crippen molar-refractivity contribution >= 4 is 19.8 Å². The van der Waals surface area contributed by atoms with Crippen molar-refractivity contribution in [2.75, 3.05) is 47.5 Å². The second-order valence-corrected chi connectivity index (χ2v) is 18.6. The predicted octanol–water partition coefficient (Wildman–Crippen LogP) is 14.4. The van der Waals surface area contributed by atoms with Gasteiger partial charge in [-0.2, -0.15) is 0 Å². The number of rotatable bonds is 43. The van der Waals surface area contributed by atoms with Gasteiger partial charge in [-0.25, -0.2) is 4.57 Å². The summed E-state index contributed by atoms with van der Waals surface area (Å²) in [6.45, 7) is 4.26. The van der Waals surface area contributed by atoms with Gasteiger partial charge in [0.1, 0.15) is 19.8 Å². The van der Waals surface area contributed by atoms with Crippen LogP contribution in [-0.2, 0) is 32.7 Å². The molecule has 0 radical (unpaired) electrons. The Labute approximate surface area is 380 Å². The molecule has 2 unspecified atom stereocenters. The van der Waals surface area contributed by atoms with Crippen LogP contribution in [0.2, 0.25) is 0 Å². The summed E-state index contributed by atoms with van der Waals surface area (Å²) in [5.41, 5.74) is 0. The van der Waals surface area contributed by atoms with Gasteiger partial charge in [0, 0.05) is 12.8 Å². The summed E-state index contributed by atoms with van der Waals surface area (Å²) in [7, 11) is 1.44. The number of quaternary nitrogens is 1.